The summed E-state index contributed by atoms with van der Waals surface area (Å²) in [5.74, 6) is -0.196. The first-order valence-corrected chi connectivity index (χ1v) is 8.91. The standard InChI is InChI=1S/C18H22N4O2S/c1-13-7-6-8-14(11-13)22-17(24)15(16(23)20-18(22)25)12-19-21-9-4-2-3-5-10-21/h6-8,11-12,24H,2-5,9-10H2,1H3,(H,20,23,25). The van der Waals surface area contributed by atoms with Gasteiger partial charge in [0.1, 0.15) is 5.56 Å². The Morgan fingerprint density at radius 1 is 1.24 bits per heavy atom. The Hall–Kier alpha value is -2.41. The maximum Gasteiger partial charge on any atom is 0.264 e. The Labute approximate surface area is 151 Å². The van der Waals surface area contributed by atoms with E-state index >= 15 is 0 Å². The molecule has 2 N–H and O–H groups in total. The average molecular weight is 358 g/mol. The third-order valence-electron chi connectivity index (χ3n) is 4.31. The first kappa shape index (κ1) is 17.4. The minimum absolute atomic E-state index is 0.111. The molecule has 132 valence electrons. The Bertz CT molecular complexity index is 893. The number of rotatable bonds is 3. The van der Waals surface area contributed by atoms with Crippen molar-refractivity contribution in [3.63, 3.8) is 0 Å². The van der Waals surface area contributed by atoms with Crippen LogP contribution in [0.25, 0.3) is 5.69 Å². The molecule has 0 amide bonds. The molecule has 0 aliphatic carbocycles. The SMILES string of the molecule is Cc1cccc(-n2c(O)c(C=NN3CCCCCC3)c(=O)[nH]c2=S)c1. The highest BCUT2D eigenvalue weighted by Gasteiger charge is 2.13. The van der Waals surface area contributed by atoms with Crippen molar-refractivity contribution >= 4 is 18.4 Å². The highest BCUT2D eigenvalue weighted by molar-refractivity contribution is 7.71. The van der Waals surface area contributed by atoms with E-state index < -0.39 is 5.56 Å². The fraction of sp³-hybridized carbons (Fsp3) is 0.389. The van der Waals surface area contributed by atoms with Crippen molar-refractivity contribution < 1.29 is 5.11 Å². The fourth-order valence-corrected chi connectivity index (χ4v) is 3.25. The number of hydrazone groups is 1. The van der Waals surface area contributed by atoms with E-state index in [1.165, 1.54) is 23.6 Å². The molecule has 3 rings (SSSR count). The van der Waals surface area contributed by atoms with Gasteiger partial charge in [0.2, 0.25) is 5.88 Å². The lowest BCUT2D eigenvalue weighted by Gasteiger charge is -2.16. The third kappa shape index (κ3) is 3.99. The lowest BCUT2D eigenvalue weighted by Crippen LogP contribution is -2.21. The molecule has 2 heterocycles. The van der Waals surface area contributed by atoms with E-state index in [2.05, 4.69) is 10.1 Å². The summed E-state index contributed by atoms with van der Waals surface area (Å²) in [5.41, 5.74) is 1.40. The van der Waals surface area contributed by atoms with E-state index in [0.717, 1.165) is 31.5 Å². The summed E-state index contributed by atoms with van der Waals surface area (Å²) in [6.45, 7) is 3.69. The van der Waals surface area contributed by atoms with Crippen molar-refractivity contribution in [3.8, 4) is 11.6 Å². The van der Waals surface area contributed by atoms with E-state index in [1.54, 1.807) is 0 Å². The zero-order chi connectivity index (χ0) is 17.8. The van der Waals surface area contributed by atoms with Crippen molar-refractivity contribution in [1.29, 1.82) is 0 Å². The van der Waals surface area contributed by atoms with Crippen LogP contribution in [0.1, 0.15) is 36.8 Å². The lowest BCUT2D eigenvalue weighted by molar-refractivity contribution is 0.302. The molecule has 0 saturated carbocycles. The van der Waals surface area contributed by atoms with E-state index in [0.29, 0.717) is 5.69 Å². The molecule has 0 spiro atoms. The molecular weight excluding hydrogens is 336 g/mol. The minimum atomic E-state index is -0.440. The quantitative estimate of drug-likeness (QED) is 0.653. The second-order valence-electron chi connectivity index (χ2n) is 6.28. The van der Waals surface area contributed by atoms with Gasteiger partial charge in [0, 0.05) is 13.1 Å². The van der Waals surface area contributed by atoms with Gasteiger partial charge in [-0.25, -0.2) is 0 Å². The normalized spacial score (nSPS) is 15.5. The van der Waals surface area contributed by atoms with Gasteiger partial charge in [-0.15, -0.1) is 0 Å². The van der Waals surface area contributed by atoms with Gasteiger partial charge in [-0.2, -0.15) is 5.10 Å². The number of nitrogens with one attached hydrogen (secondary N) is 1. The Morgan fingerprint density at radius 3 is 2.64 bits per heavy atom. The Balaban J connectivity index is 2.01. The zero-order valence-electron chi connectivity index (χ0n) is 14.2. The van der Waals surface area contributed by atoms with Crippen LogP contribution in [0.4, 0.5) is 0 Å². The third-order valence-corrected chi connectivity index (χ3v) is 4.60. The number of aryl methyl sites for hydroxylation is 1. The maximum atomic E-state index is 12.2. The molecule has 6 nitrogen and oxygen atoms in total. The predicted octanol–water partition coefficient (Wildman–Crippen LogP) is 3.12. The number of hydrogen-bond donors (Lipinski definition) is 2. The molecule has 0 radical (unpaired) electrons. The largest absolute Gasteiger partial charge is 0.494 e. The topological polar surface area (TPSA) is 73.6 Å². The summed E-state index contributed by atoms with van der Waals surface area (Å²) in [6.07, 6.45) is 6.02. The fourth-order valence-electron chi connectivity index (χ4n) is 2.97. The van der Waals surface area contributed by atoms with Crippen molar-refractivity contribution in [2.45, 2.75) is 32.6 Å². The second-order valence-corrected chi connectivity index (χ2v) is 6.67. The first-order chi connectivity index (χ1) is 12.1. The molecule has 0 unspecified atom stereocenters. The van der Waals surface area contributed by atoms with Crippen LogP contribution in [-0.4, -0.2) is 39.0 Å². The molecule has 1 aliphatic heterocycles. The number of nitrogens with zero attached hydrogens (tertiary/aromatic N) is 3. The maximum absolute atomic E-state index is 12.2. The van der Waals surface area contributed by atoms with Gasteiger partial charge in [0.15, 0.2) is 4.77 Å². The highest BCUT2D eigenvalue weighted by atomic mass is 32.1. The Morgan fingerprint density at radius 2 is 1.96 bits per heavy atom. The molecule has 1 aromatic heterocycles. The van der Waals surface area contributed by atoms with Gasteiger partial charge in [0.05, 0.1) is 11.9 Å². The molecule has 25 heavy (non-hydrogen) atoms. The van der Waals surface area contributed by atoms with Crippen LogP contribution in [0.3, 0.4) is 0 Å². The number of aromatic nitrogens is 2. The molecular formula is C18H22N4O2S. The lowest BCUT2D eigenvalue weighted by atomic mass is 10.2. The molecule has 0 bridgehead atoms. The van der Waals surface area contributed by atoms with Crippen LogP contribution in [0.2, 0.25) is 0 Å². The summed E-state index contributed by atoms with van der Waals surface area (Å²) in [4.78, 5) is 14.9. The molecule has 7 heteroatoms. The highest BCUT2D eigenvalue weighted by Crippen LogP contribution is 2.19. The number of hydrogen-bond acceptors (Lipinski definition) is 5. The van der Waals surface area contributed by atoms with Gasteiger partial charge in [-0.1, -0.05) is 25.0 Å². The minimum Gasteiger partial charge on any atom is -0.494 e. The summed E-state index contributed by atoms with van der Waals surface area (Å²) in [5, 5.41) is 17.0. The molecule has 0 atom stereocenters. The predicted molar refractivity (Wildman–Crippen MR) is 101 cm³/mol. The van der Waals surface area contributed by atoms with Crippen LogP contribution in [-0.2, 0) is 0 Å². The number of aromatic hydroxyl groups is 1. The molecule has 1 fully saturated rings. The molecule has 1 aromatic carbocycles. The monoisotopic (exact) mass is 358 g/mol. The summed E-state index contributed by atoms with van der Waals surface area (Å²) in [6, 6.07) is 7.56. The number of benzene rings is 1. The van der Waals surface area contributed by atoms with Gasteiger partial charge in [0.25, 0.3) is 5.56 Å². The summed E-state index contributed by atoms with van der Waals surface area (Å²) < 4.78 is 1.60. The van der Waals surface area contributed by atoms with Crippen molar-refractivity contribution in [2.24, 2.45) is 5.10 Å². The number of aromatic amines is 1. The van der Waals surface area contributed by atoms with Gasteiger partial charge >= 0.3 is 0 Å². The summed E-state index contributed by atoms with van der Waals surface area (Å²) >= 11 is 5.23. The zero-order valence-corrected chi connectivity index (χ0v) is 15.1. The van der Waals surface area contributed by atoms with Crippen LogP contribution in [0, 0.1) is 11.7 Å². The van der Waals surface area contributed by atoms with E-state index in [4.69, 9.17) is 12.2 Å². The smallest absolute Gasteiger partial charge is 0.264 e. The van der Waals surface area contributed by atoms with Gasteiger partial charge in [-0.05, 0) is 49.7 Å². The van der Waals surface area contributed by atoms with Crippen LogP contribution in [0.5, 0.6) is 5.88 Å². The van der Waals surface area contributed by atoms with Crippen LogP contribution >= 0.6 is 12.2 Å². The molecule has 2 aromatic rings. The average Bonchev–Trinajstić information content (AvgIpc) is 2.83. The molecule has 1 aliphatic rings. The van der Waals surface area contributed by atoms with Gasteiger partial charge in [-0.3, -0.25) is 19.4 Å². The van der Waals surface area contributed by atoms with E-state index in [1.807, 2.05) is 36.2 Å². The van der Waals surface area contributed by atoms with E-state index in [9.17, 15) is 9.90 Å². The van der Waals surface area contributed by atoms with Crippen molar-refractivity contribution in [3.05, 3.63) is 50.5 Å². The van der Waals surface area contributed by atoms with Gasteiger partial charge < -0.3 is 5.11 Å². The van der Waals surface area contributed by atoms with Crippen LogP contribution in [0.15, 0.2) is 34.2 Å². The van der Waals surface area contributed by atoms with Crippen molar-refractivity contribution in [1.82, 2.24) is 14.6 Å². The van der Waals surface area contributed by atoms with E-state index in [-0.39, 0.29) is 16.2 Å². The summed E-state index contributed by atoms with van der Waals surface area (Å²) in [7, 11) is 0. The second kappa shape index (κ2) is 7.65. The van der Waals surface area contributed by atoms with Crippen molar-refractivity contribution in [2.75, 3.05) is 13.1 Å². The first-order valence-electron chi connectivity index (χ1n) is 8.50. The number of H-pyrrole nitrogens is 1. The Kier molecular flexibility index (Phi) is 5.33. The molecule has 1 saturated heterocycles. The van der Waals surface area contributed by atoms with Crippen LogP contribution < -0.4 is 5.56 Å².